The summed E-state index contributed by atoms with van der Waals surface area (Å²) in [6, 6.07) is 1.02. The first-order valence-corrected chi connectivity index (χ1v) is 4.81. The highest BCUT2D eigenvalue weighted by molar-refractivity contribution is 5.94. The fourth-order valence-corrected chi connectivity index (χ4v) is 1.10. The zero-order valence-corrected chi connectivity index (χ0v) is 9.06. The molecule has 3 nitrogen and oxygen atoms in total. The van der Waals surface area contributed by atoms with E-state index in [0.29, 0.717) is 12.1 Å². The normalized spacial score (nSPS) is 13.2. The van der Waals surface area contributed by atoms with E-state index >= 15 is 0 Å². The van der Waals surface area contributed by atoms with Crippen LogP contribution in [0.1, 0.15) is 10.4 Å². The summed E-state index contributed by atoms with van der Waals surface area (Å²) in [5, 5.41) is 10.1. The molecular weight excluding hydrogens is 280 g/mol. The summed E-state index contributed by atoms with van der Waals surface area (Å²) >= 11 is 0. The van der Waals surface area contributed by atoms with Crippen LogP contribution < -0.4 is 5.32 Å². The molecule has 0 aromatic heterocycles. The monoisotopic (exact) mass is 287 g/mol. The van der Waals surface area contributed by atoms with Gasteiger partial charge in [-0.25, -0.2) is 13.2 Å². The van der Waals surface area contributed by atoms with E-state index in [2.05, 4.69) is 0 Å². The molecule has 0 saturated carbocycles. The lowest BCUT2D eigenvalue weighted by atomic mass is 10.2. The van der Waals surface area contributed by atoms with E-state index in [1.165, 1.54) is 0 Å². The lowest BCUT2D eigenvalue weighted by Gasteiger charge is -2.15. The van der Waals surface area contributed by atoms with Crippen molar-refractivity contribution < 1.29 is 36.2 Å². The number of amides is 1. The molecule has 0 aliphatic heterocycles. The SMILES string of the molecule is O=C(NCC(O)C(F)(F)F)c1ccc(F)c(F)c1F. The average molecular weight is 287 g/mol. The molecule has 9 heteroatoms. The maximum absolute atomic E-state index is 13.1. The lowest BCUT2D eigenvalue weighted by Crippen LogP contribution is -2.41. The molecule has 1 atom stereocenters. The van der Waals surface area contributed by atoms with Gasteiger partial charge in [0, 0.05) is 0 Å². The largest absolute Gasteiger partial charge is 0.416 e. The Hall–Kier alpha value is -1.77. The molecule has 0 spiro atoms. The maximum Gasteiger partial charge on any atom is 0.416 e. The minimum atomic E-state index is -4.96. The van der Waals surface area contributed by atoms with Gasteiger partial charge in [-0.15, -0.1) is 0 Å². The van der Waals surface area contributed by atoms with Gasteiger partial charge < -0.3 is 10.4 Å². The lowest BCUT2D eigenvalue weighted by molar-refractivity contribution is -0.201. The third kappa shape index (κ3) is 3.60. The highest BCUT2D eigenvalue weighted by Crippen LogP contribution is 2.19. The molecule has 1 aromatic rings. The Bertz CT molecular complexity index is 488. The van der Waals surface area contributed by atoms with Gasteiger partial charge in [0.2, 0.25) is 0 Å². The second kappa shape index (κ2) is 5.47. The Morgan fingerprint density at radius 2 is 1.79 bits per heavy atom. The number of carbonyl (C=O) groups excluding carboxylic acids is 1. The van der Waals surface area contributed by atoms with Crippen LogP contribution in [0.3, 0.4) is 0 Å². The third-order valence-corrected chi connectivity index (χ3v) is 2.11. The molecule has 2 N–H and O–H groups in total. The fourth-order valence-electron chi connectivity index (χ4n) is 1.10. The molecule has 0 radical (unpaired) electrons. The van der Waals surface area contributed by atoms with Crippen molar-refractivity contribution in [2.75, 3.05) is 6.54 Å². The van der Waals surface area contributed by atoms with Gasteiger partial charge in [-0.1, -0.05) is 0 Å². The number of nitrogens with one attached hydrogen (secondary N) is 1. The Kier molecular flexibility index (Phi) is 4.40. The van der Waals surface area contributed by atoms with Crippen LogP contribution in [0, 0.1) is 17.5 Å². The topological polar surface area (TPSA) is 49.3 Å². The van der Waals surface area contributed by atoms with Gasteiger partial charge in [0.05, 0.1) is 12.1 Å². The third-order valence-electron chi connectivity index (χ3n) is 2.11. The summed E-state index contributed by atoms with van der Waals surface area (Å²) in [6.07, 6.45) is -7.80. The van der Waals surface area contributed by atoms with E-state index in [1.54, 1.807) is 5.32 Å². The first-order valence-electron chi connectivity index (χ1n) is 4.81. The second-order valence-electron chi connectivity index (χ2n) is 3.49. The van der Waals surface area contributed by atoms with Gasteiger partial charge in [0.1, 0.15) is 0 Å². The van der Waals surface area contributed by atoms with Crippen molar-refractivity contribution in [2.45, 2.75) is 12.3 Å². The molecule has 1 aromatic carbocycles. The number of rotatable bonds is 3. The summed E-state index contributed by atoms with van der Waals surface area (Å²) in [4.78, 5) is 11.2. The maximum atomic E-state index is 13.1. The standard InChI is InChI=1S/C10H7F6NO2/c11-5-2-1-4(7(12)8(5)13)9(19)17-3-6(18)10(14,15)16/h1-2,6,18H,3H2,(H,17,19). The first-order chi connectivity index (χ1) is 8.64. The zero-order valence-electron chi connectivity index (χ0n) is 9.06. The number of aliphatic hydroxyl groups excluding tert-OH is 1. The number of halogens is 6. The molecule has 19 heavy (non-hydrogen) atoms. The van der Waals surface area contributed by atoms with Crippen molar-refractivity contribution in [3.63, 3.8) is 0 Å². The molecule has 0 aliphatic carbocycles. The molecule has 1 amide bonds. The summed E-state index contributed by atoms with van der Waals surface area (Å²) in [6.45, 7) is -1.24. The molecular formula is C10H7F6NO2. The van der Waals surface area contributed by atoms with Crippen molar-refractivity contribution in [2.24, 2.45) is 0 Å². The molecule has 1 rings (SSSR count). The molecule has 0 bridgehead atoms. The second-order valence-corrected chi connectivity index (χ2v) is 3.49. The number of hydrogen-bond acceptors (Lipinski definition) is 2. The number of aliphatic hydroxyl groups is 1. The average Bonchev–Trinajstić information content (AvgIpc) is 2.31. The predicted octanol–water partition coefficient (Wildman–Crippen LogP) is 1.76. The van der Waals surface area contributed by atoms with Crippen LogP contribution in [0.5, 0.6) is 0 Å². The van der Waals surface area contributed by atoms with E-state index in [1.807, 2.05) is 0 Å². The Morgan fingerprint density at radius 1 is 1.21 bits per heavy atom. The van der Waals surface area contributed by atoms with Gasteiger partial charge in [-0.05, 0) is 12.1 Å². The summed E-state index contributed by atoms with van der Waals surface area (Å²) in [5.74, 6) is -6.67. The van der Waals surface area contributed by atoms with Crippen LogP contribution in [-0.4, -0.2) is 29.8 Å². The van der Waals surface area contributed by atoms with E-state index in [-0.39, 0.29) is 0 Å². The molecule has 106 valence electrons. The smallest absolute Gasteiger partial charge is 0.382 e. The number of benzene rings is 1. The highest BCUT2D eigenvalue weighted by atomic mass is 19.4. The number of carbonyl (C=O) groups is 1. The van der Waals surface area contributed by atoms with E-state index in [0.717, 1.165) is 0 Å². The van der Waals surface area contributed by atoms with Crippen LogP contribution in [0.25, 0.3) is 0 Å². The van der Waals surface area contributed by atoms with Gasteiger partial charge in [0.15, 0.2) is 23.6 Å². The molecule has 1 unspecified atom stereocenters. The first kappa shape index (κ1) is 15.3. The highest BCUT2D eigenvalue weighted by Gasteiger charge is 2.38. The van der Waals surface area contributed by atoms with Gasteiger partial charge in [-0.2, -0.15) is 13.2 Å². The summed E-state index contributed by atoms with van der Waals surface area (Å²) < 4.78 is 74.2. The van der Waals surface area contributed by atoms with Crippen molar-refractivity contribution in [1.29, 1.82) is 0 Å². The van der Waals surface area contributed by atoms with Gasteiger partial charge in [-0.3, -0.25) is 4.79 Å². The Morgan fingerprint density at radius 3 is 2.32 bits per heavy atom. The predicted molar refractivity (Wildman–Crippen MR) is 50.7 cm³/mol. The van der Waals surface area contributed by atoms with Crippen LogP contribution in [-0.2, 0) is 0 Å². The minimum Gasteiger partial charge on any atom is -0.382 e. The summed E-state index contributed by atoms with van der Waals surface area (Å²) in [5.41, 5.74) is -0.965. The molecule has 0 saturated heterocycles. The quantitative estimate of drug-likeness (QED) is 0.657. The minimum absolute atomic E-state index is 0.452. The van der Waals surface area contributed by atoms with Crippen LogP contribution in [0.15, 0.2) is 12.1 Å². The molecule has 0 fully saturated rings. The van der Waals surface area contributed by atoms with Crippen molar-refractivity contribution in [3.8, 4) is 0 Å². The Labute approximate surface area is 102 Å². The number of alkyl halides is 3. The molecule has 0 aliphatic rings. The van der Waals surface area contributed by atoms with Crippen LogP contribution in [0.4, 0.5) is 26.3 Å². The number of hydrogen-bond donors (Lipinski definition) is 2. The van der Waals surface area contributed by atoms with Gasteiger partial charge in [0.25, 0.3) is 5.91 Å². The zero-order chi connectivity index (χ0) is 14.8. The van der Waals surface area contributed by atoms with Crippen LogP contribution >= 0.6 is 0 Å². The van der Waals surface area contributed by atoms with Crippen LogP contribution in [0.2, 0.25) is 0 Å². The van der Waals surface area contributed by atoms with Crippen molar-refractivity contribution in [3.05, 3.63) is 35.1 Å². The van der Waals surface area contributed by atoms with E-state index < -0.39 is 47.7 Å². The van der Waals surface area contributed by atoms with E-state index in [4.69, 9.17) is 5.11 Å². The molecule has 0 heterocycles. The fraction of sp³-hybridized carbons (Fsp3) is 0.300. The van der Waals surface area contributed by atoms with Crippen molar-refractivity contribution in [1.82, 2.24) is 5.32 Å². The Balaban J connectivity index is 2.78. The van der Waals surface area contributed by atoms with Gasteiger partial charge >= 0.3 is 6.18 Å². The summed E-state index contributed by atoms with van der Waals surface area (Å²) in [7, 11) is 0. The van der Waals surface area contributed by atoms with E-state index in [9.17, 15) is 31.1 Å². The van der Waals surface area contributed by atoms with Crippen molar-refractivity contribution >= 4 is 5.91 Å².